The minimum Gasteiger partial charge on any atom is -0.444 e. The summed E-state index contributed by atoms with van der Waals surface area (Å²) < 4.78 is 5.22. The highest BCUT2D eigenvalue weighted by molar-refractivity contribution is 5.67. The molecule has 1 N–H and O–H groups in total. The number of unbranched alkanes of at least 4 members (excludes halogenated alkanes) is 1. The van der Waals surface area contributed by atoms with Crippen LogP contribution in [0.5, 0.6) is 0 Å². The second kappa shape index (κ2) is 9.59. The van der Waals surface area contributed by atoms with E-state index in [1.807, 2.05) is 39.0 Å². The molecule has 1 saturated heterocycles. The van der Waals surface area contributed by atoms with Crippen LogP contribution in [0.25, 0.3) is 0 Å². The molecular formula is C21H31N3O2. The molecule has 1 heterocycles. The quantitative estimate of drug-likeness (QED) is 0.780. The van der Waals surface area contributed by atoms with Gasteiger partial charge in [-0.2, -0.15) is 5.26 Å². The van der Waals surface area contributed by atoms with Crippen molar-refractivity contribution in [2.75, 3.05) is 26.2 Å². The summed E-state index contributed by atoms with van der Waals surface area (Å²) in [6, 6.07) is 10.3. The van der Waals surface area contributed by atoms with Crippen molar-refractivity contribution < 1.29 is 9.53 Å². The molecule has 1 aromatic carbocycles. The molecular weight excluding hydrogens is 326 g/mol. The molecule has 26 heavy (non-hydrogen) atoms. The number of carbonyl (C=O) groups excluding carboxylic acids is 1. The molecule has 2 rings (SSSR count). The third-order valence-corrected chi connectivity index (χ3v) is 4.68. The van der Waals surface area contributed by atoms with E-state index in [0.717, 1.165) is 50.9 Å². The SMILES string of the molecule is CC(C)(C)OC(=O)NCCCCN1CCC(c2ccccc2C#N)CC1. The maximum atomic E-state index is 11.6. The van der Waals surface area contributed by atoms with Gasteiger partial charge in [-0.3, -0.25) is 0 Å². The van der Waals surface area contributed by atoms with Crippen molar-refractivity contribution in [1.29, 1.82) is 5.26 Å². The van der Waals surface area contributed by atoms with Crippen molar-refractivity contribution in [3.63, 3.8) is 0 Å². The van der Waals surface area contributed by atoms with Crippen LogP contribution in [-0.2, 0) is 4.74 Å². The first-order valence-corrected chi connectivity index (χ1v) is 9.57. The normalized spacial score (nSPS) is 16.1. The fourth-order valence-electron chi connectivity index (χ4n) is 3.39. The first kappa shape index (κ1) is 20.3. The Labute approximate surface area is 157 Å². The number of piperidine rings is 1. The van der Waals surface area contributed by atoms with Crippen LogP contribution >= 0.6 is 0 Å². The van der Waals surface area contributed by atoms with Crippen molar-refractivity contribution in [2.24, 2.45) is 0 Å². The molecule has 5 heteroatoms. The lowest BCUT2D eigenvalue weighted by atomic mass is 9.87. The van der Waals surface area contributed by atoms with Crippen LogP contribution in [0.15, 0.2) is 24.3 Å². The number of hydrogen-bond donors (Lipinski definition) is 1. The minimum absolute atomic E-state index is 0.338. The van der Waals surface area contributed by atoms with Crippen LogP contribution in [-0.4, -0.2) is 42.8 Å². The molecule has 0 aromatic heterocycles. The molecule has 0 spiro atoms. The Morgan fingerprint density at radius 3 is 2.62 bits per heavy atom. The third kappa shape index (κ3) is 6.68. The van der Waals surface area contributed by atoms with Gasteiger partial charge in [-0.1, -0.05) is 18.2 Å². The summed E-state index contributed by atoms with van der Waals surface area (Å²) in [7, 11) is 0. The second-order valence-electron chi connectivity index (χ2n) is 7.95. The number of nitrogens with one attached hydrogen (secondary N) is 1. The van der Waals surface area contributed by atoms with Gasteiger partial charge in [0, 0.05) is 6.54 Å². The smallest absolute Gasteiger partial charge is 0.407 e. The standard InChI is InChI=1S/C21H31N3O2/c1-21(2,3)26-20(25)23-12-6-7-13-24-14-10-17(11-15-24)19-9-5-4-8-18(19)16-22/h4-5,8-9,17H,6-7,10-15H2,1-3H3,(H,23,25). The maximum Gasteiger partial charge on any atom is 0.407 e. The predicted octanol–water partition coefficient (Wildman–Crippen LogP) is 4.04. The van der Waals surface area contributed by atoms with Gasteiger partial charge < -0.3 is 15.0 Å². The lowest BCUT2D eigenvalue weighted by Crippen LogP contribution is -2.35. The summed E-state index contributed by atoms with van der Waals surface area (Å²) in [5.74, 6) is 0.496. The molecule has 1 aliphatic heterocycles. The number of nitrogens with zero attached hydrogens (tertiary/aromatic N) is 2. The van der Waals surface area contributed by atoms with Gasteiger partial charge in [-0.25, -0.2) is 4.79 Å². The van der Waals surface area contributed by atoms with Crippen molar-refractivity contribution in [3.05, 3.63) is 35.4 Å². The second-order valence-corrected chi connectivity index (χ2v) is 7.95. The first-order chi connectivity index (χ1) is 12.4. The van der Waals surface area contributed by atoms with Crippen LogP contribution in [0.3, 0.4) is 0 Å². The zero-order chi connectivity index (χ0) is 19.0. The van der Waals surface area contributed by atoms with E-state index in [9.17, 15) is 10.1 Å². The lowest BCUT2D eigenvalue weighted by Gasteiger charge is -2.32. The molecule has 0 aliphatic carbocycles. The summed E-state index contributed by atoms with van der Waals surface area (Å²) in [6.07, 6.45) is 3.89. The Bertz CT molecular complexity index is 623. The minimum atomic E-state index is -0.446. The van der Waals surface area contributed by atoms with E-state index in [4.69, 9.17) is 4.74 Å². The summed E-state index contributed by atoms with van der Waals surface area (Å²) in [4.78, 5) is 14.1. The number of likely N-dealkylation sites (tertiary alicyclic amines) is 1. The number of carbonyl (C=O) groups is 1. The first-order valence-electron chi connectivity index (χ1n) is 9.57. The average Bonchev–Trinajstić information content (AvgIpc) is 2.60. The molecule has 1 fully saturated rings. The molecule has 0 saturated carbocycles. The zero-order valence-electron chi connectivity index (χ0n) is 16.3. The molecule has 0 radical (unpaired) electrons. The molecule has 0 unspecified atom stereocenters. The van der Waals surface area contributed by atoms with E-state index in [-0.39, 0.29) is 6.09 Å². The lowest BCUT2D eigenvalue weighted by molar-refractivity contribution is 0.0526. The van der Waals surface area contributed by atoms with E-state index < -0.39 is 5.60 Å². The van der Waals surface area contributed by atoms with Crippen molar-refractivity contribution in [2.45, 2.75) is 58.0 Å². The topological polar surface area (TPSA) is 65.4 Å². The van der Waals surface area contributed by atoms with Crippen LogP contribution in [0.4, 0.5) is 4.79 Å². The highest BCUT2D eigenvalue weighted by Crippen LogP contribution is 2.30. The molecule has 1 aromatic rings. The predicted molar refractivity (Wildman–Crippen MR) is 103 cm³/mol. The Morgan fingerprint density at radius 1 is 1.27 bits per heavy atom. The number of nitriles is 1. The van der Waals surface area contributed by atoms with Gasteiger partial charge in [-0.05, 0) is 83.6 Å². The number of alkyl carbamates (subject to hydrolysis) is 1. The highest BCUT2D eigenvalue weighted by Gasteiger charge is 2.22. The van der Waals surface area contributed by atoms with Crippen LogP contribution in [0, 0.1) is 11.3 Å². The Kier molecular flexibility index (Phi) is 7.47. The van der Waals surface area contributed by atoms with Crippen molar-refractivity contribution >= 4 is 6.09 Å². The van der Waals surface area contributed by atoms with E-state index in [2.05, 4.69) is 22.4 Å². The molecule has 5 nitrogen and oxygen atoms in total. The summed E-state index contributed by atoms with van der Waals surface area (Å²) >= 11 is 0. The van der Waals surface area contributed by atoms with Gasteiger partial charge in [-0.15, -0.1) is 0 Å². The average molecular weight is 357 g/mol. The van der Waals surface area contributed by atoms with E-state index in [1.165, 1.54) is 5.56 Å². The number of rotatable bonds is 6. The van der Waals surface area contributed by atoms with Crippen molar-refractivity contribution in [3.8, 4) is 6.07 Å². The Morgan fingerprint density at radius 2 is 1.96 bits per heavy atom. The molecule has 0 bridgehead atoms. The maximum absolute atomic E-state index is 11.6. The molecule has 0 atom stereocenters. The largest absolute Gasteiger partial charge is 0.444 e. The number of benzene rings is 1. The van der Waals surface area contributed by atoms with E-state index in [1.54, 1.807) is 0 Å². The van der Waals surface area contributed by atoms with Gasteiger partial charge in [0.2, 0.25) is 0 Å². The Balaban J connectivity index is 1.62. The summed E-state index contributed by atoms with van der Waals surface area (Å²) in [5, 5.41) is 12.1. The van der Waals surface area contributed by atoms with Gasteiger partial charge in [0.25, 0.3) is 0 Å². The fraction of sp³-hybridized carbons (Fsp3) is 0.619. The molecule has 1 aliphatic rings. The van der Waals surface area contributed by atoms with Crippen LogP contribution in [0.2, 0.25) is 0 Å². The van der Waals surface area contributed by atoms with Gasteiger partial charge >= 0.3 is 6.09 Å². The number of ether oxygens (including phenoxy) is 1. The zero-order valence-corrected chi connectivity index (χ0v) is 16.3. The summed E-state index contributed by atoms with van der Waals surface area (Å²) in [6.45, 7) is 9.46. The van der Waals surface area contributed by atoms with E-state index >= 15 is 0 Å². The summed E-state index contributed by atoms with van der Waals surface area (Å²) in [5.41, 5.74) is 1.58. The third-order valence-electron chi connectivity index (χ3n) is 4.68. The van der Waals surface area contributed by atoms with Gasteiger partial charge in [0.1, 0.15) is 5.60 Å². The van der Waals surface area contributed by atoms with Crippen LogP contribution in [0.1, 0.15) is 63.5 Å². The molecule has 142 valence electrons. The Hall–Kier alpha value is -2.06. The van der Waals surface area contributed by atoms with E-state index in [0.29, 0.717) is 12.5 Å². The van der Waals surface area contributed by atoms with Gasteiger partial charge in [0.05, 0.1) is 11.6 Å². The highest BCUT2D eigenvalue weighted by atomic mass is 16.6. The number of hydrogen-bond acceptors (Lipinski definition) is 4. The molecule has 1 amide bonds. The van der Waals surface area contributed by atoms with Crippen molar-refractivity contribution in [1.82, 2.24) is 10.2 Å². The number of amides is 1. The van der Waals surface area contributed by atoms with Crippen LogP contribution < -0.4 is 5.32 Å². The van der Waals surface area contributed by atoms with Gasteiger partial charge in [0.15, 0.2) is 0 Å². The monoisotopic (exact) mass is 357 g/mol. The fourth-order valence-corrected chi connectivity index (χ4v) is 3.39.